The van der Waals surface area contributed by atoms with Crippen LogP contribution >= 0.6 is 11.6 Å². The van der Waals surface area contributed by atoms with E-state index in [1.165, 1.54) is 0 Å². The van der Waals surface area contributed by atoms with E-state index >= 15 is 0 Å². The lowest BCUT2D eigenvalue weighted by Crippen LogP contribution is -2.03. The molecule has 0 aliphatic rings. The van der Waals surface area contributed by atoms with E-state index < -0.39 is 0 Å². The molecule has 0 aliphatic carbocycles. The van der Waals surface area contributed by atoms with Gasteiger partial charge in [0.05, 0.1) is 5.69 Å². The van der Waals surface area contributed by atoms with Crippen LogP contribution in [0.2, 0.25) is 5.02 Å². The maximum Gasteiger partial charge on any atom is 0.181 e. The quantitative estimate of drug-likeness (QED) is 0.733. The normalized spacial score (nSPS) is 10.9. The van der Waals surface area contributed by atoms with Gasteiger partial charge in [-0.1, -0.05) is 18.5 Å². The number of carbonyl (C=O) groups is 1. The van der Waals surface area contributed by atoms with Gasteiger partial charge < -0.3 is 0 Å². The summed E-state index contributed by atoms with van der Waals surface area (Å²) in [6, 6.07) is 3.50. The average Bonchev–Trinajstić information content (AvgIpc) is 2.52. The molecule has 2 aromatic rings. The molecule has 0 saturated heterocycles. The summed E-state index contributed by atoms with van der Waals surface area (Å²) in [6.07, 6.45) is 2.26. The predicted octanol–water partition coefficient (Wildman–Crippen LogP) is 2.89. The topological polar surface area (TPSA) is 34.4 Å². The molecule has 0 spiro atoms. The van der Waals surface area contributed by atoms with E-state index in [1.807, 2.05) is 13.8 Å². The third-order valence-electron chi connectivity index (χ3n) is 2.35. The van der Waals surface area contributed by atoms with Gasteiger partial charge in [0.15, 0.2) is 5.78 Å². The number of hydrogen-bond acceptors (Lipinski definition) is 2. The first-order valence-corrected chi connectivity index (χ1v) is 5.18. The van der Waals surface area contributed by atoms with E-state index in [-0.39, 0.29) is 5.78 Å². The molecule has 0 aliphatic heterocycles. The van der Waals surface area contributed by atoms with Crippen LogP contribution in [0.1, 0.15) is 29.5 Å². The minimum atomic E-state index is 0.0994. The third-order valence-corrected chi connectivity index (χ3v) is 2.58. The second-order valence-corrected chi connectivity index (χ2v) is 3.83. The molecule has 2 rings (SSSR count). The number of aromatic nitrogens is 2. The molecule has 0 radical (unpaired) electrons. The number of hydrogen-bond donors (Lipinski definition) is 0. The molecule has 3 nitrogen and oxygen atoms in total. The highest BCUT2D eigenvalue weighted by atomic mass is 35.5. The predicted molar refractivity (Wildman–Crippen MR) is 59.6 cm³/mol. The smallest absolute Gasteiger partial charge is 0.181 e. The number of pyridine rings is 1. The minimum Gasteiger partial charge on any atom is -0.297 e. The summed E-state index contributed by atoms with van der Waals surface area (Å²) in [5.74, 6) is 0.0994. The van der Waals surface area contributed by atoms with Crippen LogP contribution < -0.4 is 0 Å². The van der Waals surface area contributed by atoms with E-state index in [4.69, 9.17) is 11.6 Å². The van der Waals surface area contributed by atoms with E-state index in [1.54, 1.807) is 22.7 Å². The Balaban J connectivity index is 2.73. The summed E-state index contributed by atoms with van der Waals surface area (Å²) in [4.78, 5) is 16.0. The molecule has 2 heterocycles. The molecule has 0 saturated carbocycles. The third kappa shape index (κ3) is 1.63. The highest BCUT2D eigenvalue weighted by molar-refractivity contribution is 6.30. The van der Waals surface area contributed by atoms with Crippen molar-refractivity contribution in [2.45, 2.75) is 20.3 Å². The Hall–Kier alpha value is -1.35. The number of rotatable bonds is 2. The summed E-state index contributed by atoms with van der Waals surface area (Å²) >= 11 is 5.86. The molecule has 4 heteroatoms. The number of halogens is 1. The van der Waals surface area contributed by atoms with Crippen molar-refractivity contribution in [2.24, 2.45) is 0 Å². The van der Waals surface area contributed by atoms with E-state index in [0.29, 0.717) is 17.1 Å². The molecule has 0 aromatic carbocycles. The van der Waals surface area contributed by atoms with Crippen LogP contribution in [0.4, 0.5) is 0 Å². The Labute approximate surface area is 92.7 Å². The van der Waals surface area contributed by atoms with Crippen LogP contribution in [0.5, 0.6) is 0 Å². The first-order chi connectivity index (χ1) is 7.13. The van der Waals surface area contributed by atoms with Crippen LogP contribution in [0.3, 0.4) is 0 Å². The van der Waals surface area contributed by atoms with Gasteiger partial charge >= 0.3 is 0 Å². The van der Waals surface area contributed by atoms with Gasteiger partial charge in [0.2, 0.25) is 0 Å². The molecule has 0 unspecified atom stereocenters. The van der Waals surface area contributed by atoms with E-state index in [2.05, 4.69) is 4.98 Å². The van der Waals surface area contributed by atoms with Crippen molar-refractivity contribution < 1.29 is 4.79 Å². The van der Waals surface area contributed by atoms with Crippen molar-refractivity contribution in [1.82, 2.24) is 9.38 Å². The molecule has 0 N–H and O–H groups in total. The Morgan fingerprint density at radius 1 is 1.60 bits per heavy atom. The average molecular weight is 223 g/mol. The number of aryl methyl sites for hydroxylation is 1. The van der Waals surface area contributed by atoms with Gasteiger partial charge in [0.25, 0.3) is 0 Å². The lowest BCUT2D eigenvalue weighted by atomic mass is 10.2. The summed E-state index contributed by atoms with van der Waals surface area (Å²) in [5.41, 5.74) is 2.13. The van der Waals surface area contributed by atoms with Gasteiger partial charge in [-0.2, -0.15) is 0 Å². The second kappa shape index (κ2) is 3.66. The zero-order chi connectivity index (χ0) is 11.0. The fraction of sp³-hybridized carbons (Fsp3) is 0.273. The number of ketones is 1. The number of carbonyl (C=O) groups excluding carboxylic acids is 1. The SMILES string of the molecule is CCC(=O)c1c(C)nc2cc(Cl)ccn12. The molecular weight excluding hydrogens is 212 g/mol. The number of nitrogens with zero attached hydrogens (tertiary/aromatic N) is 2. The molecule has 78 valence electrons. The number of Topliss-reactive ketones (excluding diaryl/α,β-unsaturated/α-hetero) is 1. The summed E-state index contributed by atoms with van der Waals surface area (Å²) in [6.45, 7) is 3.68. The van der Waals surface area contributed by atoms with Crippen molar-refractivity contribution in [2.75, 3.05) is 0 Å². The second-order valence-electron chi connectivity index (χ2n) is 3.40. The highest BCUT2D eigenvalue weighted by Crippen LogP contribution is 2.17. The van der Waals surface area contributed by atoms with Crippen LogP contribution in [0.25, 0.3) is 5.65 Å². The molecular formula is C11H11ClN2O. The standard InChI is InChI=1S/C11H11ClN2O/c1-3-9(15)11-7(2)13-10-6-8(12)4-5-14(10)11/h4-6H,3H2,1-2H3. The van der Waals surface area contributed by atoms with Gasteiger partial charge in [-0.25, -0.2) is 4.98 Å². The monoisotopic (exact) mass is 222 g/mol. The molecule has 0 atom stereocenters. The lowest BCUT2D eigenvalue weighted by molar-refractivity contribution is 0.0982. The lowest BCUT2D eigenvalue weighted by Gasteiger charge is -1.99. The van der Waals surface area contributed by atoms with Gasteiger partial charge in [-0.15, -0.1) is 0 Å². The summed E-state index contributed by atoms with van der Waals surface area (Å²) < 4.78 is 1.78. The van der Waals surface area contributed by atoms with Crippen molar-refractivity contribution in [3.63, 3.8) is 0 Å². The Bertz CT molecular complexity index is 531. The number of imidazole rings is 1. The molecule has 0 amide bonds. The maximum atomic E-state index is 11.7. The van der Waals surface area contributed by atoms with Crippen LogP contribution in [-0.4, -0.2) is 15.2 Å². The minimum absolute atomic E-state index is 0.0994. The van der Waals surface area contributed by atoms with Crippen LogP contribution in [0, 0.1) is 6.92 Å². The summed E-state index contributed by atoms with van der Waals surface area (Å²) in [7, 11) is 0. The maximum absolute atomic E-state index is 11.7. The molecule has 0 fully saturated rings. The van der Waals surface area contributed by atoms with Crippen LogP contribution in [-0.2, 0) is 0 Å². The van der Waals surface area contributed by atoms with Crippen molar-refractivity contribution >= 4 is 23.0 Å². The van der Waals surface area contributed by atoms with Gasteiger partial charge in [0, 0.05) is 23.7 Å². The van der Waals surface area contributed by atoms with Gasteiger partial charge in [-0.05, 0) is 13.0 Å². The zero-order valence-corrected chi connectivity index (χ0v) is 9.38. The zero-order valence-electron chi connectivity index (χ0n) is 8.62. The first kappa shape index (κ1) is 10.2. The Morgan fingerprint density at radius 2 is 2.33 bits per heavy atom. The highest BCUT2D eigenvalue weighted by Gasteiger charge is 2.14. The van der Waals surface area contributed by atoms with E-state index in [0.717, 1.165) is 11.3 Å². The van der Waals surface area contributed by atoms with Crippen LogP contribution in [0.15, 0.2) is 18.3 Å². The van der Waals surface area contributed by atoms with Crippen molar-refractivity contribution in [3.8, 4) is 0 Å². The summed E-state index contributed by atoms with van der Waals surface area (Å²) in [5, 5.41) is 0.628. The fourth-order valence-electron chi connectivity index (χ4n) is 1.64. The first-order valence-electron chi connectivity index (χ1n) is 4.81. The Kier molecular flexibility index (Phi) is 2.49. The van der Waals surface area contributed by atoms with Gasteiger partial charge in [-0.3, -0.25) is 9.20 Å². The molecule has 0 bridgehead atoms. The Morgan fingerprint density at radius 3 is 3.00 bits per heavy atom. The van der Waals surface area contributed by atoms with Gasteiger partial charge in [0.1, 0.15) is 11.3 Å². The largest absolute Gasteiger partial charge is 0.297 e. The van der Waals surface area contributed by atoms with Crippen molar-refractivity contribution in [1.29, 1.82) is 0 Å². The molecule has 2 aromatic heterocycles. The van der Waals surface area contributed by atoms with Crippen molar-refractivity contribution in [3.05, 3.63) is 34.7 Å². The number of fused-ring (bicyclic) bond motifs is 1. The molecule has 15 heavy (non-hydrogen) atoms. The van der Waals surface area contributed by atoms with E-state index in [9.17, 15) is 4.79 Å². The fourth-order valence-corrected chi connectivity index (χ4v) is 1.79.